The number of anilines is 2. The Balaban J connectivity index is 1.92. The van der Waals surface area contributed by atoms with Crippen LogP contribution in [0.5, 0.6) is 0 Å². The van der Waals surface area contributed by atoms with E-state index in [1.807, 2.05) is 18.3 Å². The number of nitrogens with one attached hydrogen (secondary N) is 2. The van der Waals surface area contributed by atoms with Gasteiger partial charge in [-0.25, -0.2) is 0 Å². The molecule has 0 radical (unpaired) electrons. The van der Waals surface area contributed by atoms with Gasteiger partial charge < -0.3 is 14.9 Å². The van der Waals surface area contributed by atoms with Gasteiger partial charge in [-0.1, -0.05) is 18.2 Å². The molecule has 0 spiro atoms. The fraction of sp³-hybridized carbons (Fsp3) is 0.111. The molecule has 0 saturated heterocycles. The van der Waals surface area contributed by atoms with E-state index in [9.17, 15) is 0 Å². The zero-order valence-corrected chi connectivity index (χ0v) is 11.9. The van der Waals surface area contributed by atoms with Crippen LogP contribution in [0.15, 0.2) is 60.8 Å². The van der Waals surface area contributed by atoms with Gasteiger partial charge in [0.1, 0.15) is 5.82 Å². The molecule has 21 heavy (non-hydrogen) atoms. The summed E-state index contributed by atoms with van der Waals surface area (Å²) in [5.74, 6) is 1.01. The highest BCUT2D eigenvalue weighted by Crippen LogP contribution is 2.31. The van der Waals surface area contributed by atoms with E-state index in [0.717, 1.165) is 18.1 Å². The fourth-order valence-electron chi connectivity index (χ4n) is 3.04. The molecule has 3 nitrogen and oxygen atoms in total. The summed E-state index contributed by atoms with van der Waals surface area (Å²) >= 11 is 0. The van der Waals surface area contributed by atoms with Crippen LogP contribution in [0.4, 0.5) is 11.5 Å². The van der Waals surface area contributed by atoms with Crippen LogP contribution in [0.1, 0.15) is 6.92 Å². The number of H-pyrrole nitrogens is 1. The average Bonchev–Trinajstić information content (AvgIpc) is 3.13. The average molecular weight is 275 g/mol. The maximum absolute atomic E-state index is 3.40. The van der Waals surface area contributed by atoms with Crippen molar-refractivity contribution in [3.8, 4) is 0 Å². The molecule has 0 aliphatic rings. The van der Waals surface area contributed by atoms with Gasteiger partial charge in [-0.3, -0.25) is 0 Å². The van der Waals surface area contributed by atoms with Gasteiger partial charge in [-0.05, 0) is 43.3 Å². The Morgan fingerprint density at radius 2 is 1.81 bits per heavy atom. The van der Waals surface area contributed by atoms with Crippen LogP contribution in [0.3, 0.4) is 0 Å². The van der Waals surface area contributed by atoms with Gasteiger partial charge in [0, 0.05) is 40.2 Å². The molecule has 0 amide bonds. The smallest absolute Gasteiger partial charge is 0.107 e. The predicted octanol–water partition coefficient (Wildman–Crippen LogP) is 4.89. The second kappa shape index (κ2) is 4.70. The van der Waals surface area contributed by atoms with E-state index in [0.29, 0.717) is 0 Å². The van der Waals surface area contributed by atoms with Gasteiger partial charge in [-0.2, -0.15) is 0 Å². The summed E-state index contributed by atoms with van der Waals surface area (Å²) in [7, 11) is 0. The number of benzene rings is 2. The van der Waals surface area contributed by atoms with Crippen molar-refractivity contribution < 1.29 is 0 Å². The Kier molecular flexibility index (Phi) is 2.71. The minimum absolute atomic E-state index is 0.980. The molecule has 0 aliphatic heterocycles. The van der Waals surface area contributed by atoms with E-state index >= 15 is 0 Å². The van der Waals surface area contributed by atoms with Gasteiger partial charge in [-0.15, -0.1) is 0 Å². The SMILES string of the molecule is CCn1c2ccccc2c2cc(Nc3ccc[nH]3)ccc21. The molecule has 2 aromatic heterocycles. The van der Waals surface area contributed by atoms with Gasteiger partial charge in [0.25, 0.3) is 0 Å². The molecule has 0 saturated carbocycles. The quantitative estimate of drug-likeness (QED) is 0.548. The third-order valence-electron chi connectivity index (χ3n) is 3.97. The zero-order chi connectivity index (χ0) is 14.2. The molecule has 0 atom stereocenters. The Morgan fingerprint density at radius 1 is 0.952 bits per heavy atom. The highest BCUT2D eigenvalue weighted by molar-refractivity contribution is 6.09. The molecule has 0 bridgehead atoms. The zero-order valence-electron chi connectivity index (χ0n) is 11.9. The van der Waals surface area contributed by atoms with Crippen molar-refractivity contribution in [3.63, 3.8) is 0 Å². The molecule has 3 heteroatoms. The Labute approximate surface area is 123 Å². The van der Waals surface area contributed by atoms with Gasteiger partial charge in [0.15, 0.2) is 0 Å². The van der Waals surface area contributed by atoms with E-state index in [4.69, 9.17) is 0 Å². The largest absolute Gasteiger partial charge is 0.348 e. The molecule has 0 unspecified atom stereocenters. The lowest BCUT2D eigenvalue weighted by atomic mass is 10.1. The first kappa shape index (κ1) is 12.1. The number of hydrogen-bond acceptors (Lipinski definition) is 1. The summed E-state index contributed by atoms with van der Waals surface area (Å²) < 4.78 is 2.36. The number of para-hydroxylation sites is 1. The van der Waals surface area contributed by atoms with E-state index in [-0.39, 0.29) is 0 Å². The number of fused-ring (bicyclic) bond motifs is 3. The third-order valence-corrected chi connectivity index (χ3v) is 3.97. The van der Waals surface area contributed by atoms with E-state index in [1.54, 1.807) is 0 Å². The Hall–Kier alpha value is -2.68. The molecule has 0 fully saturated rings. The molecule has 104 valence electrons. The van der Waals surface area contributed by atoms with Crippen LogP contribution in [0, 0.1) is 0 Å². The lowest BCUT2D eigenvalue weighted by Gasteiger charge is -2.06. The summed E-state index contributed by atoms with van der Waals surface area (Å²) in [6, 6.07) is 19.2. The van der Waals surface area contributed by atoms with E-state index < -0.39 is 0 Å². The van der Waals surface area contributed by atoms with Crippen LogP contribution in [0.2, 0.25) is 0 Å². The van der Waals surface area contributed by atoms with Crippen LogP contribution in [0.25, 0.3) is 21.8 Å². The van der Waals surface area contributed by atoms with Gasteiger partial charge in [0.2, 0.25) is 0 Å². The second-order valence-electron chi connectivity index (χ2n) is 5.20. The molecule has 4 aromatic rings. The second-order valence-corrected chi connectivity index (χ2v) is 5.20. The summed E-state index contributed by atoms with van der Waals surface area (Å²) in [5, 5.41) is 6.01. The number of aromatic amines is 1. The summed E-state index contributed by atoms with van der Waals surface area (Å²) in [5.41, 5.74) is 3.69. The minimum atomic E-state index is 0.980. The molecular formula is C18H17N3. The van der Waals surface area contributed by atoms with Crippen molar-refractivity contribution in [1.82, 2.24) is 9.55 Å². The highest BCUT2D eigenvalue weighted by Gasteiger charge is 2.09. The summed E-state index contributed by atoms with van der Waals surface area (Å²) in [6.45, 7) is 3.17. The van der Waals surface area contributed by atoms with E-state index in [2.05, 4.69) is 64.3 Å². The number of nitrogens with zero attached hydrogens (tertiary/aromatic N) is 1. The first-order valence-corrected chi connectivity index (χ1v) is 7.28. The monoisotopic (exact) mass is 275 g/mol. The summed E-state index contributed by atoms with van der Waals surface area (Å²) in [6.07, 6.45) is 1.92. The molecular weight excluding hydrogens is 258 g/mol. The highest BCUT2D eigenvalue weighted by atomic mass is 15.0. The topological polar surface area (TPSA) is 32.8 Å². The molecule has 2 N–H and O–H groups in total. The Morgan fingerprint density at radius 3 is 2.62 bits per heavy atom. The van der Waals surface area contributed by atoms with Crippen molar-refractivity contribution >= 4 is 33.3 Å². The normalized spacial score (nSPS) is 11.3. The van der Waals surface area contributed by atoms with Crippen LogP contribution >= 0.6 is 0 Å². The van der Waals surface area contributed by atoms with Crippen LogP contribution in [-0.2, 0) is 6.54 Å². The third kappa shape index (κ3) is 1.89. The maximum Gasteiger partial charge on any atom is 0.107 e. The lowest BCUT2D eigenvalue weighted by molar-refractivity contribution is 0.827. The lowest BCUT2D eigenvalue weighted by Crippen LogP contribution is -1.93. The molecule has 0 aliphatic carbocycles. The first-order chi connectivity index (χ1) is 10.4. The van der Waals surface area contributed by atoms with Crippen LogP contribution in [-0.4, -0.2) is 9.55 Å². The van der Waals surface area contributed by atoms with Crippen molar-refractivity contribution in [2.24, 2.45) is 0 Å². The number of aromatic nitrogens is 2. The molecule has 4 rings (SSSR count). The predicted molar refractivity (Wildman–Crippen MR) is 89.2 cm³/mol. The van der Waals surface area contributed by atoms with Crippen LogP contribution < -0.4 is 5.32 Å². The minimum Gasteiger partial charge on any atom is -0.348 e. The number of rotatable bonds is 3. The molecule has 2 heterocycles. The first-order valence-electron chi connectivity index (χ1n) is 7.28. The van der Waals surface area contributed by atoms with E-state index in [1.165, 1.54) is 21.8 Å². The maximum atomic E-state index is 3.40. The van der Waals surface area contributed by atoms with Gasteiger partial charge >= 0.3 is 0 Å². The van der Waals surface area contributed by atoms with Crippen molar-refractivity contribution in [2.45, 2.75) is 13.5 Å². The number of aryl methyl sites for hydroxylation is 1. The molecule has 2 aromatic carbocycles. The van der Waals surface area contributed by atoms with Gasteiger partial charge in [0.05, 0.1) is 0 Å². The fourth-order valence-corrected chi connectivity index (χ4v) is 3.04. The van der Waals surface area contributed by atoms with Crippen molar-refractivity contribution in [3.05, 3.63) is 60.8 Å². The van der Waals surface area contributed by atoms with Crippen molar-refractivity contribution in [1.29, 1.82) is 0 Å². The Bertz CT molecular complexity index is 901. The van der Waals surface area contributed by atoms with Crippen molar-refractivity contribution in [2.75, 3.05) is 5.32 Å². The number of hydrogen-bond donors (Lipinski definition) is 2. The summed E-state index contributed by atoms with van der Waals surface area (Å²) in [4.78, 5) is 3.17. The standard InChI is InChI=1S/C18H17N3/c1-2-21-16-7-4-3-6-14(16)15-12-13(9-10-17(15)21)20-18-8-5-11-19-18/h3-12,19-20H,2H2,1H3.